The van der Waals surface area contributed by atoms with Gasteiger partial charge in [0.05, 0.1) is 17.2 Å². The van der Waals surface area contributed by atoms with Crippen LogP contribution in [0.1, 0.15) is 55.4 Å². The molecule has 1 spiro atoms. The zero-order valence-electron chi connectivity index (χ0n) is 21.1. The number of amides is 2. The molecule has 3 aliphatic rings. The van der Waals surface area contributed by atoms with Crippen LogP contribution in [0.25, 0.3) is 11.1 Å². The number of carbonyl (C=O) groups excluding carboxylic acids is 2. The van der Waals surface area contributed by atoms with Crippen molar-refractivity contribution in [2.75, 3.05) is 38.6 Å². The number of aromatic nitrogens is 1. The molecule has 7 nitrogen and oxygen atoms in total. The average molecular weight is 495 g/mol. The number of carbonyl (C=O) groups is 2. The van der Waals surface area contributed by atoms with E-state index in [-0.39, 0.29) is 29.8 Å². The average Bonchev–Trinajstić information content (AvgIpc) is 3.19. The van der Waals surface area contributed by atoms with Crippen molar-refractivity contribution in [3.63, 3.8) is 0 Å². The lowest BCUT2D eigenvalue weighted by atomic mass is 9.78. The monoisotopic (exact) mass is 494 g/mol. The van der Waals surface area contributed by atoms with E-state index in [1.807, 2.05) is 15.9 Å². The molecule has 2 aromatic rings. The number of piperidine rings is 1. The van der Waals surface area contributed by atoms with Crippen LogP contribution in [-0.4, -0.2) is 77.6 Å². The van der Waals surface area contributed by atoms with Gasteiger partial charge in [0.2, 0.25) is 5.91 Å². The number of anilines is 1. The first-order valence-corrected chi connectivity index (χ1v) is 13.0. The lowest BCUT2D eigenvalue weighted by Gasteiger charge is -2.41. The molecule has 1 aromatic carbocycles. The number of benzene rings is 1. The number of hydrogen-bond acceptors (Lipinski definition) is 5. The molecule has 0 bridgehead atoms. The van der Waals surface area contributed by atoms with Crippen LogP contribution < -0.4 is 4.90 Å². The van der Waals surface area contributed by atoms with Gasteiger partial charge in [-0.1, -0.05) is 12.1 Å². The second kappa shape index (κ2) is 9.81. The Hall–Kier alpha value is -3.00. The lowest BCUT2D eigenvalue weighted by molar-refractivity contribution is -0.139. The first-order valence-electron chi connectivity index (χ1n) is 13.0. The fourth-order valence-electron chi connectivity index (χ4n) is 6.15. The van der Waals surface area contributed by atoms with E-state index in [0.29, 0.717) is 23.5 Å². The topological polar surface area (TPSA) is 77.0 Å². The van der Waals surface area contributed by atoms with Crippen molar-refractivity contribution in [2.45, 2.75) is 57.1 Å². The molecule has 5 rings (SSSR count). The highest BCUT2D eigenvalue weighted by atomic mass is 19.1. The molecule has 1 aliphatic carbocycles. The van der Waals surface area contributed by atoms with Crippen molar-refractivity contribution in [2.24, 2.45) is 5.41 Å². The van der Waals surface area contributed by atoms with E-state index < -0.39 is 5.41 Å². The Labute approximate surface area is 211 Å². The zero-order chi connectivity index (χ0) is 25.4. The lowest BCUT2D eigenvalue weighted by Crippen LogP contribution is -2.50. The van der Waals surface area contributed by atoms with E-state index in [1.165, 1.54) is 11.0 Å². The number of likely N-dealkylation sites (tertiary alicyclic amines) is 1. The summed E-state index contributed by atoms with van der Waals surface area (Å²) in [6, 6.07) is 8.84. The second-order valence-corrected chi connectivity index (χ2v) is 10.8. The summed E-state index contributed by atoms with van der Waals surface area (Å²) < 4.78 is 15.4. The van der Waals surface area contributed by atoms with Crippen LogP contribution in [0, 0.1) is 11.2 Å². The molecule has 8 heteroatoms. The third kappa shape index (κ3) is 4.59. The van der Waals surface area contributed by atoms with Gasteiger partial charge >= 0.3 is 0 Å². The molecular formula is C28H35FN4O3. The van der Waals surface area contributed by atoms with E-state index in [4.69, 9.17) is 0 Å². The van der Waals surface area contributed by atoms with Crippen LogP contribution in [0.15, 0.2) is 36.5 Å². The molecule has 3 fully saturated rings. The highest BCUT2D eigenvalue weighted by Crippen LogP contribution is 2.44. The van der Waals surface area contributed by atoms with E-state index in [1.54, 1.807) is 38.5 Å². The predicted octanol–water partition coefficient (Wildman–Crippen LogP) is 3.71. The summed E-state index contributed by atoms with van der Waals surface area (Å²) in [4.78, 5) is 35.5. The Bertz CT molecular complexity index is 1130. The van der Waals surface area contributed by atoms with Gasteiger partial charge in [0.1, 0.15) is 11.5 Å². The van der Waals surface area contributed by atoms with Crippen molar-refractivity contribution in [1.29, 1.82) is 0 Å². The molecule has 2 amide bonds. The predicted molar refractivity (Wildman–Crippen MR) is 136 cm³/mol. The van der Waals surface area contributed by atoms with Gasteiger partial charge in [0.15, 0.2) is 0 Å². The van der Waals surface area contributed by atoms with E-state index in [0.717, 1.165) is 63.6 Å². The maximum atomic E-state index is 15.4. The fourth-order valence-corrected chi connectivity index (χ4v) is 6.15. The van der Waals surface area contributed by atoms with Gasteiger partial charge in [0, 0.05) is 51.5 Å². The summed E-state index contributed by atoms with van der Waals surface area (Å²) in [5.41, 5.74) is 1.86. The first-order chi connectivity index (χ1) is 17.3. The SMILES string of the molecule is CN(C)C(=O)c1ccc(-c2ccc(N3CCCC4(CCN(C5CCC(O)CC5)C4=O)C3)c(F)c2)cn1. The first kappa shape index (κ1) is 24.7. The summed E-state index contributed by atoms with van der Waals surface area (Å²) in [5.74, 6) is -0.283. The minimum absolute atomic E-state index is 0.178. The largest absolute Gasteiger partial charge is 0.393 e. The fraction of sp³-hybridized carbons (Fsp3) is 0.536. The number of rotatable bonds is 4. The molecule has 1 atom stereocenters. The number of halogens is 1. The van der Waals surface area contributed by atoms with Crippen LogP contribution in [0.2, 0.25) is 0 Å². The normalized spacial score (nSPS) is 26.5. The van der Waals surface area contributed by atoms with Gasteiger partial charge in [-0.3, -0.25) is 14.6 Å². The summed E-state index contributed by atoms with van der Waals surface area (Å²) >= 11 is 0. The van der Waals surface area contributed by atoms with Crippen LogP contribution in [-0.2, 0) is 4.79 Å². The Balaban J connectivity index is 1.30. The van der Waals surface area contributed by atoms with Crippen LogP contribution in [0.5, 0.6) is 0 Å². The molecule has 0 radical (unpaired) electrons. The van der Waals surface area contributed by atoms with E-state index in [9.17, 15) is 14.7 Å². The number of aliphatic hydroxyl groups is 1. The van der Waals surface area contributed by atoms with Gasteiger partial charge in [-0.15, -0.1) is 0 Å². The Morgan fingerprint density at radius 1 is 1.08 bits per heavy atom. The number of aliphatic hydroxyl groups excluding tert-OH is 1. The number of hydrogen-bond donors (Lipinski definition) is 1. The van der Waals surface area contributed by atoms with Crippen molar-refractivity contribution >= 4 is 17.5 Å². The van der Waals surface area contributed by atoms with Crippen LogP contribution in [0.3, 0.4) is 0 Å². The maximum Gasteiger partial charge on any atom is 0.271 e. The Kier molecular flexibility index (Phi) is 6.72. The van der Waals surface area contributed by atoms with Gasteiger partial charge in [-0.05, 0) is 68.7 Å². The van der Waals surface area contributed by atoms with Gasteiger partial charge in [-0.2, -0.15) is 0 Å². The molecular weight excluding hydrogens is 459 g/mol. The van der Waals surface area contributed by atoms with Crippen molar-refractivity contribution < 1.29 is 19.1 Å². The molecule has 1 N–H and O–H groups in total. The molecule has 3 heterocycles. The van der Waals surface area contributed by atoms with E-state index in [2.05, 4.69) is 4.98 Å². The molecule has 2 aliphatic heterocycles. The quantitative estimate of drug-likeness (QED) is 0.701. The number of pyridine rings is 1. The van der Waals surface area contributed by atoms with Gasteiger partial charge in [-0.25, -0.2) is 4.39 Å². The summed E-state index contributed by atoms with van der Waals surface area (Å²) in [6.07, 6.45) is 7.11. The highest BCUT2D eigenvalue weighted by Gasteiger charge is 2.50. The second-order valence-electron chi connectivity index (χ2n) is 10.8. The molecule has 2 saturated heterocycles. The standard InChI is InChI=1S/C28H35FN4O3/c1-31(2)26(35)24-10-4-20(17-30-24)19-5-11-25(23(29)16-19)32-14-3-12-28(18-32)13-15-33(27(28)36)21-6-8-22(34)9-7-21/h4-5,10-11,16-17,21-22,34H,3,6-9,12-15,18H2,1-2H3. The minimum Gasteiger partial charge on any atom is -0.393 e. The van der Waals surface area contributed by atoms with Gasteiger partial charge < -0.3 is 19.8 Å². The highest BCUT2D eigenvalue weighted by molar-refractivity contribution is 5.92. The van der Waals surface area contributed by atoms with Crippen molar-refractivity contribution in [3.05, 3.63) is 48.0 Å². The maximum absolute atomic E-state index is 15.4. The summed E-state index contributed by atoms with van der Waals surface area (Å²) in [6.45, 7) is 2.02. The van der Waals surface area contributed by atoms with Crippen LogP contribution >= 0.6 is 0 Å². The van der Waals surface area contributed by atoms with Crippen molar-refractivity contribution in [3.8, 4) is 11.1 Å². The molecule has 192 valence electrons. The van der Waals surface area contributed by atoms with Gasteiger partial charge in [0.25, 0.3) is 5.91 Å². The molecule has 1 unspecified atom stereocenters. The molecule has 1 aromatic heterocycles. The Morgan fingerprint density at radius 2 is 1.83 bits per heavy atom. The summed E-state index contributed by atoms with van der Waals surface area (Å²) in [5, 5.41) is 9.85. The van der Waals surface area contributed by atoms with E-state index >= 15 is 4.39 Å². The third-order valence-electron chi connectivity index (χ3n) is 8.24. The van der Waals surface area contributed by atoms with Crippen LogP contribution in [0.4, 0.5) is 10.1 Å². The molecule has 36 heavy (non-hydrogen) atoms. The summed E-state index contributed by atoms with van der Waals surface area (Å²) in [7, 11) is 3.35. The van der Waals surface area contributed by atoms with Crippen molar-refractivity contribution in [1.82, 2.24) is 14.8 Å². The third-order valence-corrected chi connectivity index (χ3v) is 8.24. The Morgan fingerprint density at radius 3 is 2.50 bits per heavy atom. The molecule has 1 saturated carbocycles. The zero-order valence-corrected chi connectivity index (χ0v) is 21.1. The number of nitrogens with zero attached hydrogens (tertiary/aromatic N) is 4. The minimum atomic E-state index is -0.446. The smallest absolute Gasteiger partial charge is 0.271 e.